The monoisotopic (exact) mass is 393 g/mol. The molecule has 0 radical (unpaired) electrons. The number of amides is 5. The molecule has 150 valence electrons. The lowest BCUT2D eigenvalue weighted by Crippen LogP contribution is -2.46. The van der Waals surface area contributed by atoms with Crippen molar-refractivity contribution in [2.24, 2.45) is 5.92 Å². The summed E-state index contributed by atoms with van der Waals surface area (Å²) in [7, 11) is 0. The largest absolute Gasteiger partial charge is 0.334 e. The first-order valence-corrected chi connectivity index (χ1v) is 9.94. The first kappa shape index (κ1) is 19.1. The molecule has 7 nitrogen and oxygen atoms in total. The highest BCUT2D eigenvalue weighted by Crippen LogP contribution is 2.31. The Morgan fingerprint density at radius 2 is 1.72 bits per heavy atom. The number of nitrogens with one attached hydrogen (secondary N) is 1. The van der Waals surface area contributed by atoms with Gasteiger partial charge in [0, 0.05) is 17.1 Å². The highest BCUT2D eigenvalue weighted by molar-refractivity contribution is 6.45. The maximum atomic E-state index is 12.8. The van der Waals surface area contributed by atoms with E-state index in [1.807, 2.05) is 43.3 Å². The van der Waals surface area contributed by atoms with E-state index in [0.29, 0.717) is 12.1 Å². The van der Waals surface area contributed by atoms with E-state index in [-0.39, 0.29) is 12.0 Å². The predicted octanol–water partition coefficient (Wildman–Crippen LogP) is 3.15. The molecule has 5 amide bonds. The van der Waals surface area contributed by atoms with Crippen LogP contribution in [-0.2, 0) is 14.4 Å². The van der Waals surface area contributed by atoms with Gasteiger partial charge in [-0.3, -0.25) is 19.3 Å². The van der Waals surface area contributed by atoms with E-state index in [1.54, 1.807) is 6.07 Å². The number of carbonyl (C=O) groups is 4. The van der Waals surface area contributed by atoms with Crippen LogP contribution in [-0.4, -0.2) is 46.1 Å². The van der Waals surface area contributed by atoms with Gasteiger partial charge in [-0.25, -0.2) is 9.69 Å². The fourth-order valence-corrected chi connectivity index (χ4v) is 4.30. The number of nitrogens with zero attached hydrogens (tertiary/aromatic N) is 2. The smallest absolute Gasteiger partial charge is 0.324 e. The lowest BCUT2D eigenvalue weighted by molar-refractivity contribution is -0.145. The molecule has 29 heavy (non-hydrogen) atoms. The van der Waals surface area contributed by atoms with E-state index < -0.39 is 30.3 Å². The van der Waals surface area contributed by atoms with Crippen LogP contribution in [0, 0.1) is 5.92 Å². The van der Waals surface area contributed by atoms with Crippen molar-refractivity contribution >= 4 is 40.2 Å². The Morgan fingerprint density at radius 3 is 2.52 bits per heavy atom. The molecule has 2 atom stereocenters. The van der Waals surface area contributed by atoms with Gasteiger partial charge in [0.2, 0.25) is 5.91 Å². The molecule has 0 unspecified atom stereocenters. The molecule has 2 aromatic rings. The van der Waals surface area contributed by atoms with Crippen LogP contribution >= 0.6 is 0 Å². The summed E-state index contributed by atoms with van der Waals surface area (Å²) in [6.45, 7) is 1.51. The van der Waals surface area contributed by atoms with Crippen LogP contribution < -0.4 is 5.32 Å². The number of hydrogen-bond donors (Lipinski definition) is 1. The standard InChI is InChI=1S/C22H23N3O4/c1-14-7-2-5-12-18(14)25-21(28)20(27)24(22(25)29)13-19(26)23-17-11-6-9-15-8-3-4-10-16(15)17/h3-4,6,8-11,14,18H,2,5,7,12-13H2,1H3,(H,23,26)/t14-,18-/m0/s1. The van der Waals surface area contributed by atoms with E-state index in [4.69, 9.17) is 0 Å². The topological polar surface area (TPSA) is 86.8 Å². The Labute approximate surface area is 168 Å². The van der Waals surface area contributed by atoms with Crippen LogP contribution in [0.5, 0.6) is 0 Å². The lowest BCUT2D eigenvalue weighted by Gasteiger charge is -2.34. The van der Waals surface area contributed by atoms with Gasteiger partial charge < -0.3 is 5.32 Å². The minimum atomic E-state index is -0.930. The van der Waals surface area contributed by atoms with Crippen molar-refractivity contribution in [3.05, 3.63) is 42.5 Å². The van der Waals surface area contributed by atoms with Gasteiger partial charge >= 0.3 is 17.8 Å². The van der Waals surface area contributed by atoms with Crippen molar-refractivity contribution in [2.45, 2.75) is 38.6 Å². The molecule has 1 aliphatic carbocycles. The van der Waals surface area contributed by atoms with Crippen molar-refractivity contribution in [3.63, 3.8) is 0 Å². The molecule has 0 bridgehead atoms. The van der Waals surface area contributed by atoms with Crippen molar-refractivity contribution in [1.29, 1.82) is 0 Å². The summed E-state index contributed by atoms with van der Waals surface area (Å²) >= 11 is 0. The Balaban J connectivity index is 1.50. The van der Waals surface area contributed by atoms with Crippen molar-refractivity contribution in [2.75, 3.05) is 11.9 Å². The first-order chi connectivity index (χ1) is 14.0. The predicted molar refractivity (Wildman–Crippen MR) is 108 cm³/mol. The normalized spacial score (nSPS) is 22.4. The molecule has 2 fully saturated rings. The molecular formula is C22H23N3O4. The van der Waals surface area contributed by atoms with E-state index in [1.165, 1.54) is 0 Å². The summed E-state index contributed by atoms with van der Waals surface area (Å²) in [6.07, 6.45) is 3.58. The van der Waals surface area contributed by atoms with Crippen LogP contribution in [0.1, 0.15) is 32.6 Å². The Bertz CT molecular complexity index is 997. The molecule has 1 saturated heterocycles. The summed E-state index contributed by atoms with van der Waals surface area (Å²) in [5.41, 5.74) is 0.594. The first-order valence-electron chi connectivity index (χ1n) is 9.94. The van der Waals surface area contributed by atoms with E-state index in [0.717, 1.165) is 39.8 Å². The molecule has 1 aliphatic heterocycles. The third kappa shape index (κ3) is 3.48. The molecule has 4 rings (SSSR count). The van der Waals surface area contributed by atoms with Gasteiger partial charge in [0.05, 0.1) is 0 Å². The average Bonchev–Trinajstić information content (AvgIpc) is 2.92. The number of carbonyl (C=O) groups excluding carboxylic acids is 4. The molecule has 0 spiro atoms. The number of rotatable bonds is 4. The fourth-order valence-electron chi connectivity index (χ4n) is 4.30. The van der Waals surface area contributed by atoms with E-state index in [9.17, 15) is 19.2 Å². The Morgan fingerprint density at radius 1 is 1.00 bits per heavy atom. The second kappa shape index (κ2) is 7.66. The zero-order valence-electron chi connectivity index (χ0n) is 16.3. The number of imide groups is 2. The molecule has 1 N–H and O–H groups in total. The third-order valence-electron chi connectivity index (χ3n) is 5.85. The number of fused-ring (bicyclic) bond motifs is 1. The maximum Gasteiger partial charge on any atom is 0.334 e. The van der Waals surface area contributed by atoms with Gasteiger partial charge in [-0.1, -0.05) is 56.2 Å². The SMILES string of the molecule is C[C@H]1CCCC[C@@H]1N1C(=O)C(=O)N(CC(=O)Nc2cccc3ccccc23)C1=O. The molecule has 0 aromatic heterocycles. The molecule has 1 heterocycles. The van der Waals surface area contributed by atoms with Crippen LogP contribution in [0.15, 0.2) is 42.5 Å². The molecule has 7 heteroatoms. The molecular weight excluding hydrogens is 370 g/mol. The highest BCUT2D eigenvalue weighted by Gasteiger charge is 2.49. The second-order valence-corrected chi connectivity index (χ2v) is 7.75. The van der Waals surface area contributed by atoms with Crippen molar-refractivity contribution in [3.8, 4) is 0 Å². The lowest BCUT2D eigenvalue weighted by atomic mass is 9.85. The van der Waals surface area contributed by atoms with Crippen LogP contribution in [0.3, 0.4) is 0 Å². The van der Waals surface area contributed by atoms with Crippen molar-refractivity contribution in [1.82, 2.24) is 9.80 Å². The minimum absolute atomic E-state index is 0.147. The van der Waals surface area contributed by atoms with Crippen LogP contribution in [0.2, 0.25) is 0 Å². The van der Waals surface area contributed by atoms with Gasteiger partial charge in [-0.15, -0.1) is 0 Å². The summed E-state index contributed by atoms with van der Waals surface area (Å²) in [5.74, 6) is -2.13. The minimum Gasteiger partial charge on any atom is -0.324 e. The van der Waals surface area contributed by atoms with Crippen LogP contribution in [0.25, 0.3) is 10.8 Å². The summed E-state index contributed by atoms with van der Waals surface area (Å²) in [6, 6.07) is 12.1. The van der Waals surface area contributed by atoms with E-state index in [2.05, 4.69) is 5.32 Å². The van der Waals surface area contributed by atoms with Gasteiger partial charge in [0.25, 0.3) is 0 Å². The summed E-state index contributed by atoms with van der Waals surface area (Å²) in [5, 5.41) is 4.58. The Kier molecular flexibility index (Phi) is 5.05. The summed E-state index contributed by atoms with van der Waals surface area (Å²) < 4.78 is 0. The average molecular weight is 393 g/mol. The van der Waals surface area contributed by atoms with Crippen molar-refractivity contribution < 1.29 is 19.2 Å². The third-order valence-corrected chi connectivity index (χ3v) is 5.85. The highest BCUT2D eigenvalue weighted by atomic mass is 16.2. The molecule has 1 saturated carbocycles. The number of urea groups is 1. The summed E-state index contributed by atoms with van der Waals surface area (Å²) in [4.78, 5) is 52.1. The number of hydrogen-bond acceptors (Lipinski definition) is 4. The Hall–Kier alpha value is -3.22. The second-order valence-electron chi connectivity index (χ2n) is 7.75. The maximum absolute atomic E-state index is 12.8. The fraction of sp³-hybridized carbons (Fsp3) is 0.364. The van der Waals surface area contributed by atoms with Gasteiger partial charge in [-0.2, -0.15) is 0 Å². The van der Waals surface area contributed by atoms with Crippen LogP contribution in [0.4, 0.5) is 10.5 Å². The van der Waals surface area contributed by atoms with Gasteiger partial charge in [0.15, 0.2) is 0 Å². The van der Waals surface area contributed by atoms with Gasteiger partial charge in [0.1, 0.15) is 6.54 Å². The molecule has 2 aliphatic rings. The zero-order chi connectivity index (χ0) is 20.5. The van der Waals surface area contributed by atoms with E-state index >= 15 is 0 Å². The zero-order valence-corrected chi connectivity index (χ0v) is 16.3. The quantitative estimate of drug-likeness (QED) is 0.639. The number of anilines is 1. The van der Waals surface area contributed by atoms with Gasteiger partial charge in [-0.05, 0) is 30.2 Å². The molecule has 2 aromatic carbocycles. The number of benzene rings is 2.